The van der Waals surface area contributed by atoms with Gasteiger partial charge < -0.3 is 0 Å². The highest BCUT2D eigenvalue weighted by molar-refractivity contribution is 7.89. The number of benzene rings is 1. The maximum absolute atomic E-state index is 13.7. The molecule has 0 atom stereocenters. The van der Waals surface area contributed by atoms with Crippen LogP contribution in [0.25, 0.3) is 16.9 Å². The molecule has 0 amide bonds. The van der Waals surface area contributed by atoms with Crippen LogP contribution >= 0.6 is 0 Å². The topological polar surface area (TPSA) is 103 Å². The number of rotatable bonds is 2. The molecule has 180 valence electrons. The molecule has 2 N–H and O–H groups in total. The minimum absolute atomic E-state index is 0.0103. The largest absolute Gasteiger partial charge is 0.433 e. The van der Waals surface area contributed by atoms with Crippen LogP contribution in [0.3, 0.4) is 0 Å². The van der Waals surface area contributed by atoms with Crippen molar-refractivity contribution < 1.29 is 34.8 Å². The molecule has 3 heterocycles. The van der Waals surface area contributed by atoms with Gasteiger partial charge in [0.05, 0.1) is 23.0 Å². The zero-order valence-electron chi connectivity index (χ0n) is 17.1. The zero-order chi connectivity index (χ0) is 25.6. The van der Waals surface area contributed by atoms with Crippen molar-refractivity contribution in [2.24, 2.45) is 5.14 Å². The number of alkyl halides is 6. The number of sulfonamides is 1. The van der Waals surface area contributed by atoms with E-state index < -0.39 is 33.6 Å². The van der Waals surface area contributed by atoms with Gasteiger partial charge in [-0.2, -0.15) is 31.4 Å². The van der Waals surface area contributed by atoms with E-state index in [-0.39, 0.29) is 32.9 Å². The first-order chi connectivity index (χ1) is 16.2. The molecule has 1 aromatic carbocycles. The lowest BCUT2D eigenvalue weighted by molar-refractivity contribution is -0.142. The SMILES string of the molecule is NS(=O)(=O)c1cncc(C#Cc2cnn3c(C(F)(F)F)cc(-c4ccc(C(F)(F)F)cc4)nc23)c1. The van der Waals surface area contributed by atoms with Crippen molar-refractivity contribution in [3.8, 4) is 23.1 Å². The molecular weight excluding hydrogens is 500 g/mol. The minimum Gasteiger partial charge on any atom is -0.262 e. The number of pyridine rings is 1. The highest BCUT2D eigenvalue weighted by Crippen LogP contribution is 2.34. The summed E-state index contributed by atoms with van der Waals surface area (Å²) in [5, 5.41) is 8.73. The summed E-state index contributed by atoms with van der Waals surface area (Å²) in [6.07, 6.45) is -6.24. The fourth-order valence-electron chi connectivity index (χ4n) is 3.01. The van der Waals surface area contributed by atoms with Gasteiger partial charge in [-0.3, -0.25) is 4.98 Å². The number of aromatic nitrogens is 4. The van der Waals surface area contributed by atoms with Crippen LogP contribution in [0, 0.1) is 11.8 Å². The van der Waals surface area contributed by atoms with E-state index in [2.05, 4.69) is 26.9 Å². The summed E-state index contributed by atoms with van der Waals surface area (Å²) in [7, 11) is -4.06. The van der Waals surface area contributed by atoms with Crippen molar-refractivity contribution in [1.29, 1.82) is 0 Å². The molecule has 14 heteroatoms. The van der Waals surface area contributed by atoms with Crippen LogP contribution in [-0.2, 0) is 22.4 Å². The van der Waals surface area contributed by atoms with E-state index in [4.69, 9.17) is 5.14 Å². The second-order valence-electron chi connectivity index (χ2n) is 7.10. The molecule has 3 aromatic heterocycles. The summed E-state index contributed by atoms with van der Waals surface area (Å²) in [6.45, 7) is 0. The Morgan fingerprint density at radius 1 is 0.886 bits per heavy atom. The van der Waals surface area contributed by atoms with Crippen molar-refractivity contribution in [3.05, 3.63) is 77.4 Å². The molecule has 0 saturated carbocycles. The van der Waals surface area contributed by atoms with Gasteiger partial charge in [0, 0.05) is 23.5 Å². The van der Waals surface area contributed by atoms with E-state index in [1.807, 2.05) is 0 Å². The summed E-state index contributed by atoms with van der Waals surface area (Å²) in [4.78, 5) is 7.52. The number of halogens is 6. The van der Waals surface area contributed by atoms with Crippen LogP contribution in [0.1, 0.15) is 22.4 Å². The fraction of sp³-hybridized carbons (Fsp3) is 0.0952. The summed E-state index contributed by atoms with van der Waals surface area (Å²) in [5.74, 6) is 5.12. The van der Waals surface area contributed by atoms with Crippen LogP contribution in [-0.4, -0.2) is 28.0 Å². The summed E-state index contributed by atoms with van der Waals surface area (Å²) in [6, 6.07) is 5.28. The Bertz CT molecular complexity index is 1600. The van der Waals surface area contributed by atoms with E-state index in [0.29, 0.717) is 10.6 Å². The van der Waals surface area contributed by atoms with E-state index in [1.54, 1.807) is 0 Å². The third-order valence-electron chi connectivity index (χ3n) is 4.65. The summed E-state index contributed by atoms with van der Waals surface area (Å²) >= 11 is 0. The number of fused-ring (bicyclic) bond motifs is 1. The third-order valence-corrected chi connectivity index (χ3v) is 5.53. The van der Waals surface area contributed by atoms with Crippen LogP contribution in [0.15, 0.2) is 59.9 Å². The van der Waals surface area contributed by atoms with Crippen LogP contribution in [0.5, 0.6) is 0 Å². The van der Waals surface area contributed by atoms with Crippen molar-refractivity contribution in [1.82, 2.24) is 19.6 Å². The van der Waals surface area contributed by atoms with E-state index >= 15 is 0 Å². The fourth-order valence-corrected chi connectivity index (χ4v) is 3.51. The molecule has 0 fully saturated rings. The molecule has 0 aliphatic heterocycles. The molecule has 0 spiro atoms. The number of hydrogen-bond acceptors (Lipinski definition) is 5. The lowest BCUT2D eigenvalue weighted by Crippen LogP contribution is -2.13. The summed E-state index contributed by atoms with van der Waals surface area (Å²) in [5.41, 5.74) is -2.68. The molecule has 0 saturated heterocycles. The average Bonchev–Trinajstić information content (AvgIpc) is 3.18. The second kappa shape index (κ2) is 8.36. The Labute approximate surface area is 193 Å². The molecule has 0 radical (unpaired) electrons. The van der Waals surface area contributed by atoms with Crippen molar-refractivity contribution in [3.63, 3.8) is 0 Å². The quantitative estimate of drug-likeness (QED) is 0.325. The van der Waals surface area contributed by atoms with Crippen molar-refractivity contribution in [2.75, 3.05) is 0 Å². The Kier molecular flexibility index (Phi) is 5.78. The van der Waals surface area contributed by atoms with Gasteiger partial charge in [0.2, 0.25) is 10.0 Å². The van der Waals surface area contributed by atoms with Gasteiger partial charge in [-0.25, -0.2) is 23.1 Å². The highest BCUT2D eigenvalue weighted by Gasteiger charge is 2.36. The molecule has 0 aliphatic rings. The molecule has 4 aromatic rings. The smallest absolute Gasteiger partial charge is 0.262 e. The third kappa shape index (κ3) is 5.10. The molecule has 0 bridgehead atoms. The van der Waals surface area contributed by atoms with Crippen molar-refractivity contribution in [2.45, 2.75) is 17.2 Å². The Balaban J connectivity index is 1.84. The van der Waals surface area contributed by atoms with Crippen molar-refractivity contribution >= 4 is 15.7 Å². The Morgan fingerprint density at radius 3 is 2.17 bits per heavy atom. The normalized spacial score (nSPS) is 12.4. The van der Waals surface area contributed by atoms with E-state index in [0.717, 1.165) is 42.7 Å². The maximum atomic E-state index is 13.7. The van der Waals surface area contributed by atoms with Crippen LogP contribution in [0.2, 0.25) is 0 Å². The van der Waals surface area contributed by atoms with Crippen LogP contribution < -0.4 is 5.14 Å². The minimum atomic E-state index is -4.87. The van der Waals surface area contributed by atoms with Gasteiger partial charge in [-0.05, 0) is 24.3 Å². The lowest BCUT2D eigenvalue weighted by atomic mass is 10.1. The van der Waals surface area contributed by atoms with Gasteiger partial charge in [0.25, 0.3) is 0 Å². The zero-order valence-corrected chi connectivity index (χ0v) is 17.9. The lowest BCUT2D eigenvalue weighted by Gasteiger charge is -2.12. The number of primary sulfonamides is 1. The van der Waals surface area contributed by atoms with Crippen LogP contribution in [0.4, 0.5) is 26.3 Å². The first kappa shape index (κ1) is 24.2. The maximum Gasteiger partial charge on any atom is 0.433 e. The first-order valence-corrected chi connectivity index (χ1v) is 10.9. The average molecular weight is 511 g/mol. The molecule has 4 rings (SSSR count). The number of nitrogens with zero attached hydrogens (tertiary/aromatic N) is 4. The monoisotopic (exact) mass is 511 g/mol. The molecular formula is C21H11F6N5O2S. The van der Waals surface area contributed by atoms with Gasteiger partial charge >= 0.3 is 12.4 Å². The van der Waals surface area contributed by atoms with E-state index in [1.165, 1.54) is 6.20 Å². The van der Waals surface area contributed by atoms with Gasteiger partial charge in [0.1, 0.15) is 4.90 Å². The molecule has 35 heavy (non-hydrogen) atoms. The predicted molar refractivity (Wildman–Crippen MR) is 110 cm³/mol. The second-order valence-corrected chi connectivity index (χ2v) is 8.66. The number of nitrogens with two attached hydrogens (primary N) is 1. The van der Waals surface area contributed by atoms with E-state index in [9.17, 15) is 34.8 Å². The van der Waals surface area contributed by atoms with Gasteiger partial charge in [-0.1, -0.05) is 24.0 Å². The Morgan fingerprint density at radius 2 is 1.57 bits per heavy atom. The number of hydrogen-bond donors (Lipinski definition) is 1. The van der Waals surface area contributed by atoms with Gasteiger partial charge in [-0.15, -0.1) is 0 Å². The highest BCUT2D eigenvalue weighted by atomic mass is 32.2. The molecule has 7 nitrogen and oxygen atoms in total. The first-order valence-electron chi connectivity index (χ1n) is 9.37. The van der Waals surface area contributed by atoms with Gasteiger partial charge in [0.15, 0.2) is 11.3 Å². The summed E-state index contributed by atoms with van der Waals surface area (Å²) < 4.78 is 103. The standard InChI is InChI=1S/C21H11F6N5O2S/c22-20(23,24)15-5-3-13(4-6-15)17-8-18(21(25,26)27)32-19(31-17)14(10-30-32)2-1-12-7-16(11-29-9-12)35(28,33)34/h3-11H,(H2,28,33,34). The Hall–Kier alpha value is -3.96. The predicted octanol–water partition coefficient (Wildman–Crippen LogP) is 3.88. The molecule has 0 aliphatic carbocycles. The molecule has 0 unspecified atom stereocenters.